The first-order chi connectivity index (χ1) is 16.6. The van der Waals surface area contributed by atoms with Gasteiger partial charge in [-0.05, 0) is 43.2 Å². The Balaban J connectivity index is 1.40. The highest BCUT2D eigenvalue weighted by Gasteiger charge is 2.43. The molecule has 1 fully saturated rings. The van der Waals surface area contributed by atoms with Crippen molar-refractivity contribution in [1.29, 1.82) is 0 Å². The molecule has 3 heterocycles. The number of pyridine rings is 1. The van der Waals surface area contributed by atoms with E-state index in [0.29, 0.717) is 16.8 Å². The highest BCUT2D eigenvalue weighted by Crippen LogP contribution is 2.31. The number of alkyl halides is 3. The largest absolute Gasteiger partial charge is 0.504 e. The van der Waals surface area contributed by atoms with Gasteiger partial charge in [0.1, 0.15) is 5.52 Å². The predicted octanol–water partition coefficient (Wildman–Crippen LogP) is 3.08. The van der Waals surface area contributed by atoms with Crippen LogP contribution in [0.3, 0.4) is 0 Å². The number of halogens is 3. The summed E-state index contributed by atoms with van der Waals surface area (Å²) in [7, 11) is 1.44. The van der Waals surface area contributed by atoms with Gasteiger partial charge in [0.2, 0.25) is 0 Å². The van der Waals surface area contributed by atoms with Crippen molar-refractivity contribution in [1.82, 2.24) is 25.2 Å². The molecule has 10 nitrogen and oxygen atoms in total. The van der Waals surface area contributed by atoms with Crippen molar-refractivity contribution in [2.24, 2.45) is 0 Å². The van der Waals surface area contributed by atoms with Gasteiger partial charge >= 0.3 is 18.1 Å². The van der Waals surface area contributed by atoms with Crippen LogP contribution in [0.2, 0.25) is 0 Å². The van der Waals surface area contributed by atoms with Crippen LogP contribution in [-0.4, -0.2) is 69.3 Å². The molecule has 0 bridgehead atoms. The summed E-state index contributed by atoms with van der Waals surface area (Å²) in [6, 6.07) is 7.23. The van der Waals surface area contributed by atoms with Crippen LogP contribution in [0.5, 0.6) is 11.5 Å². The minimum absolute atomic E-state index is 0.00745. The lowest BCUT2D eigenvalue weighted by molar-refractivity contribution is -0.186. The third kappa shape index (κ3) is 5.50. The van der Waals surface area contributed by atoms with Gasteiger partial charge in [-0.1, -0.05) is 0 Å². The van der Waals surface area contributed by atoms with Gasteiger partial charge in [0.05, 0.1) is 19.0 Å². The smallest absolute Gasteiger partial charge is 0.471 e. The normalized spacial score (nSPS) is 14.6. The van der Waals surface area contributed by atoms with Crippen LogP contribution in [0.15, 0.2) is 36.5 Å². The number of anilines is 1. The number of benzene rings is 1. The van der Waals surface area contributed by atoms with Crippen LogP contribution in [0.25, 0.3) is 22.4 Å². The molecule has 1 saturated heterocycles. The maximum absolute atomic E-state index is 12.6. The number of carbonyl (C=O) groups is 2. The molecule has 0 radical (unpaired) electrons. The summed E-state index contributed by atoms with van der Waals surface area (Å²) >= 11 is 0. The molecule has 3 N–H and O–H groups in total. The van der Waals surface area contributed by atoms with Gasteiger partial charge in [0, 0.05) is 24.7 Å². The summed E-state index contributed by atoms with van der Waals surface area (Å²) in [5.74, 6) is -1.46. The molecule has 1 aliphatic rings. The number of aromatic hydroxyl groups is 1. The van der Waals surface area contributed by atoms with Crippen LogP contribution in [-0.2, 0) is 4.79 Å². The molecular formula is C22H21F3N6O4. The lowest BCUT2D eigenvalue weighted by Crippen LogP contribution is -2.50. The average Bonchev–Trinajstić information content (AvgIpc) is 2.83. The Morgan fingerprint density at radius 3 is 2.57 bits per heavy atom. The van der Waals surface area contributed by atoms with Gasteiger partial charge in [0.15, 0.2) is 23.0 Å². The van der Waals surface area contributed by atoms with Crippen molar-refractivity contribution in [2.45, 2.75) is 25.1 Å². The van der Waals surface area contributed by atoms with Gasteiger partial charge in [-0.2, -0.15) is 13.2 Å². The molecule has 0 aliphatic carbocycles. The molecule has 184 valence electrons. The van der Waals surface area contributed by atoms with Crippen molar-refractivity contribution in [3.05, 3.63) is 36.5 Å². The van der Waals surface area contributed by atoms with Crippen molar-refractivity contribution < 1.29 is 32.6 Å². The van der Waals surface area contributed by atoms with Crippen molar-refractivity contribution in [3.8, 4) is 22.8 Å². The average molecular weight is 490 g/mol. The molecule has 13 heteroatoms. The van der Waals surface area contributed by atoms with Crippen molar-refractivity contribution in [2.75, 3.05) is 25.5 Å². The molecule has 2 aromatic heterocycles. The third-order valence-electron chi connectivity index (χ3n) is 5.48. The summed E-state index contributed by atoms with van der Waals surface area (Å²) in [6.45, 7) is -0.207. The number of ether oxygens (including phenoxy) is 1. The minimum Gasteiger partial charge on any atom is -0.504 e. The number of urea groups is 1. The van der Waals surface area contributed by atoms with Gasteiger partial charge in [-0.15, -0.1) is 0 Å². The Morgan fingerprint density at radius 2 is 1.89 bits per heavy atom. The number of amides is 3. The molecule has 0 spiro atoms. The number of likely N-dealkylation sites (tertiary alicyclic amines) is 1. The minimum atomic E-state index is -4.91. The molecule has 1 aromatic carbocycles. The lowest BCUT2D eigenvalue weighted by Gasteiger charge is -2.32. The number of fused-ring (bicyclic) bond motifs is 1. The molecule has 0 saturated carbocycles. The topological polar surface area (TPSA) is 130 Å². The van der Waals surface area contributed by atoms with Crippen LogP contribution >= 0.6 is 0 Å². The summed E-state index contributed by atoms with van der Waals surface area (Å²) in [5, 5.41) is 15.0. The Hall–Kier alpha value is -4.16. The molecule has 3 aromatic rings. The number of piperidine rings is 1. The molecule has 4 rings (SSSR count). The van der Waals surface area contributed by atoms with E-state index >= 15 is 0 Å². The first kappa shape index (κ1) is 24.0. The lowest BCUT2D eigenvalue weighted by atomic mass is 10.1. The maximum atomic E-state index is 12.6. The molecule has 3 amide bonds. The fourth-order valence-corrected chi connectivity index (χ4v) is 3.70. The number of carbonyl (C=O) groups excluding carboxylic acids is 2. The van der Waals surface area contributed by atoms with E-state index in [4.69, 9.17) is 4.74 Å². The highest BCUT2D eigenvalue weighted by molar-refractivity contribution is 5.89. The number of hydrogen-bond acceptors (Lipinski definition) is 7. The number of rotatable bonds is 4. The summed E-state index contributed by atoms with van der Waals surface area (Å²) in [4.78, 5) is 37.4. The highest BCUT2D eigenvalue weighted by atomic mass is 19.4. The fourth-order valence-electron chi connectivity index (χ4n) is 3.70. The maximum Gasteiger partial charge on any atom is 0.471 e. The first-order valence-electron chi connectivity index (χ1n) is 10.6. The number of hydrogen-bond donors (Lipinski definition) is 3. The number of phenolic OH excluding ortho intramolecular Hbond substituents is 1. The number of aromatic nitrogens is 3. The van der Waals surface area contributed by atoms with Gasteiger partial charge in [0.25, 0.3) is 0 Å². The van der Waals surface area contributed by atoms with Crippen LogP contribution in [0.1, 0.15) is 12.8 Å². The number of phenols is 1. The van der Waals surface area contributed by atoms with Crippen molar-refractivity contribution >= 4 is 28.9 Å². The number of nitrogens with zero attached hydrogens (tertiary/aromatic N) is 4. The summed E-state index contributed by atoms with van der Waals surface area (Å²) < 4.78 is 42.8. The summed E-state index contributed by atoms with van der Waals surface area (Å²) in [6.07, 6.45) is -3.16. The third-order valence-corrected chi connectivity index (χ3v) is 5.48. The van der Waals surface area contributed by atoms with E-state index in [9.17, 15) is 27.9 Å². The van der Waals surface area contributed by atoms with Crippen molar-refractivity contribution in [3.63, 3.8) is 0 Å². The van der Waals surface area contributed by atoms with E-state index < -0.39 is 24.2 Å². The van der Waals surface area contributed by atoms with E-state index in [2.05, 4.69) is 25.6 Å². The Bertz CT molecular complexity index is 1260. The van der Waals surface area contributed by atoms with E-state index in [1.54, 1.807) is 24.3 Å². The van der Waals surface area contributed by atoms with Crippen LogP contribution < -0.4 is 15.4 Å². The van der Waals surface area contributed by atoms with E-state index in [-0.39, 0.29) is 48.9 Å². The van der Waals surface area contributed by atoms with E-state index in [0.717, 1.165) is 4.90 Å². The molecule has 35 heavy (non-hydrogen) atoms. The molecule has 1 aliphatic heterocycles. The van der Waals surface area contributed by atoms with Crippen LogP contribution in [0, 0.1) is 0 Å². The Labute approximate surface area is 197 Å². The number of nitrogens with one attached hydrogen (secondary N) is 2. The number of methoxy groups -OCH3 is 1. The zero-order chi connectivity index (χ0) is 25.2. The van der Waals surface area contributed by atoms with Gasteiger partial charge in [-0.25, -0.2) is 19.7 Å². The second-order valence-corrected chi connectivity index (χ2v) is 7.84. The SMILES string of the molecule is COc1cc(-c2ccc3ncc(NC(=O)NC4CCN(C(=O)C(F)(F)F)CC4)nc3n2)ccc1O. The zero-order valence-corrected chi connectivity index (χ0v) is 18.5. The van der Waals surface area contributed by atoms with Crippen LogP contribution in [0.4, 0.5) is 23.8 Å². The Morgan fingerprint density at radius 1 is 1.14 bits per heavy atom. The quantitative estimate of drug-likeness (QED) is 0.513. The van der Waals surface area contributed by atoms with E-state index in [1.165, 1.54) is 19.4 Å². The fraction of sp³-hybridized carbons (Fsp3) is 0.318. The monoisotopic (exact) mass is 490 g/mol. The molecule has 0 unspecified atom stereocenters. The summed E-state index contributed by atoms with van der Waals surface area (Å²) in [5.41, 5.74) is 1.99. The van der Waals surface area contributed by atoms with Gasteiger partial charge in [-0.3, -0.25) is 10.1 Å². The van der Waals surface area contributed by atoms with Gasteiger partial charge < -0.3 is 20.1 Å². The zero-order valence-electron chi connectivity index (χ0n) is 18.5. The second-order valence-electron chi connectivity index (χ2n) is 7.84. The molecular weight excluding hydrogens is 469 g/mol. The van der Waals surface area contributed by atoms with E-state index in [1.807, 2.05) is 0 Å². The Kier molecular flexibility index (Phi) is 6.58. The predicted molar refractivity (Wildman–Crippen MR) is 119 cm³/mol. The first-order valence-corrected chi connectivity index (χ1v) is 10.6. The molecule has 0 atom stereocenters. The second kappa shape index (κ2) is 9.60. The standard InChI is InChI=1S/C22H21F3N6O4/c1-35-17-10-12(2-5-16(17)32)14-3-4-15-19(28-14)29-18(11-26-15)30-21(34)27-13-6-8-31(9-7-13)20(33)22(23,24)25/h2-5,10-11,13,32H,6-9H2,1H3,(H2,27,28,29,30,34).